The van der Waals surface area contributed by atoms with Crippen LogP contribution < -0.4 is 4.90 Å². The van der Waals surface area contributed by atoms with Crippen molar-refractivity contribution >= 4 is 23.5 Å². The van der Waals surface area contributed by atoms with Gasteiger partial charge < -0.3 is 9.84 Å². The normalized spacial score (nSPS) is 22.2. The number of ether oxygens (including phenoxy) is 1. The Balaban J connectivity index is 1.54. The van der Waals surface area contributed by atoms with Crippen LogP contribution in [0.15, 0.2) is 60.7 Å². The van der Waals surface area contributed by atoms with Crippen molar-refractivity contribution in [2.24, 2.45) is 0 Å². The second-order valence-electron chi connectivity index (χ2n) is 7.37. The summed E-state index contributed by atoms with van der Waals surface area (Å²) < 4.78 is 5.37. The van der Waals surface area contributed by atoms with Gasteiger partial charge in [-0.3, -0.25) is 19.4 Å². The lowest BCUT2D eigenvalue weighted by Gasteiger charge is -2.31. The Labute approximate surface area is 170 Å². The fraction of sp³-hybridized carbons (Fsp3) is 0.304. The van der Waals surface area contributed by atoms with Gasteiger partial charge in [0.25, 0.3) is 5.91 Å². The van der Waals surface area contributed by atoms with Crippen LogP contribution in [-0.4, -0.2) is 54.7 Å². The first kappa shape index (κ1) is 19.5. The van der Waals surface area contributed by atoms with Crippen molar-refractivity contribution in [3.05, 3.63) is 71.8 Å². The van der Waals surface area contributed by atoms with Crippen LogP contribution in [0, 0.1) is 0 Å². The van der Waals surface area contributed by atoms with E-state index in [1.807, 2.05) is 42.5 Å². The molecule has 4 rings (SSSR count). The molecule has 2 aliphatic heterocycles. The number of nitrogens with zero attached hydrogens (tertiary/aromatic N) is 2. The van der Waals surface area contributed by atoms with Crippen LogP contribution in [0.5, 0.6) is 0 Å². The van der Waals surface area contributed by atoms with Gasteiger partial charge in [0.05, 0.1) is 32.0 Å². The molecule has 2 heterocycles. The minimum atomic E-state index is -1.85. The summed E-state index contributed by atoms with van der Waals surface area (Å²) in [6.45, 7) is 3.06. The predicted molar refractivity (Wildman–Crippen MR) is 110 cm³/mol. The van der Waals surface area contributed by atoms with Crippen molar-refractivity contribution in [1.82, 2.24) is 4.90 Å². The Kier molecular flexibility index (Phi) is 5.58. The quantitative estimate of drug-likeness (QED) is 0.763. The van der Waals surface area contributed by atoms with Crippen molar-refractivity contribution in [2.75, 3.05) is 37.9 Å². The first-order valence-corrected chi connectivity index (χ1v) is 9.78. The molecule has 0 saturated carbocycles. The largest absolute Gasteiger partial charge is 0.379 e. The molecule has 0 aliphatic carbocycles. The lowest BCUT2D eigenvalue weighted by molar-refractivity contribution is -0.141. The summed E-state index contributed by atoms with van der Waals surface area (Å²) in [5.74, 6) is -0.751. The molecule has 0 radical (unpaired) electrons. The summed E-state index contributed by atoms with van der Waals surface area (Å²) in [5, 5.41) is 11.3. The fourth-order valence-electron chi connectivity index (χ4n) is 3.82. The maximum atomic E-state index is 13.2. The molecular weight excluding hydrogens is 368 g/mol. The topological polar surface area (TPSA) is 70.1 Å². The predicted octanol–water partition coefficient (Wildman–Crippen LogP) is 2.18. The lowest BCUT2D eigenvalue weighted by Crippen LogP contribution is -2.48. The van der Waals surface area contributed by atoms with Crippen LogP contribution in [0.3, 0.4) is 0 Å². The highest BCUT2D eigenvalue weighted by Gasteiger charge is 2.50. The van der Waals surface area contributed by atoms with Crippen molar-refractivity contribution in [2.45, 2.75) is 12.0 Å². The van der Waals surface area contributed by atoms with E-state index in [0.29, 0.717) is 31.1 Å². The number of carbonyl (C=O) groups excluding carboxylic acids is 2. The standard InChI is InChI=1S/C23H24N2O4/c26-19(11-10-18-6-2-1-3-7-18)16-23(28)20-8-4-5-9-21(20)25(22(23)27)17-24-12-14-29-15-13-24/h1-11,28H,12-17H2/b11-10+/t23-/m1/s1. The third-order valence-corrected chi connectivity index (χ3v) is 5.38. The molecule has 2 aromatic carbocycles. The minimum Gasteiger partial charge on any atom is -0.379 e. The minimum absolute atomic E-state index is 0.286. The average Bonchev–Trinajstić information content (AvgIpc) is 2.96. The molecule has 0 unspecified atom stereocenters. The molecule has 1 fully saturated rings. The Morgan fingerprint density at radius 2 is 1.76 bits per heavy atom. The van der Waals surface area contributed by atoms with Crippen molar-refractivity contribution in [1.29, 1.82) is 0 Å². The second-order valence-corrected chi connectivity index (χ2v) is 7.37. The van der Waals surface area contributed by atoms with E-state index in [4.69, 9.17) is 4.74 Å². The van der Waals surface area contributed by atoms with E-state index in [-0.39, 0.29) is 12.2 Å². The number of fused-ring (bicyclic) bond motifs is 1. The van der Waals surface area contributed by atoms with Crippen molar-refractivity contribution in [3.63, 3.8) is 0 Å². The number of hydrogen-bond donors (Lipinski definition) is 1. The van der Waals surface area contributed by atoms with E-state index in [1.165, 1.54) is 6.08 Å². The monoisotopic (exact) mass is 392 g/mol. The maximum Gasteiger partial charge on any atom is 0.265 e. The van der Waals surface area contributed by atoms with Gasteiger partial charge in [0, 0.05) is 18.7 Å². The zero-order valence-electron chi connectivity index (χ0n) is 16.2. The molecule has 29 heavy (non-hydrogen) atoms. The Bertz CT molecular complexity index is 921. The van der Waals surface area contributed by atoms with E-state index in [0.717, 1.165) is 18.7 Å². The molecule has 1 N–H and O–H groups in total. The number of carbonyl (C=O) groups is 2. The van der Waals surface area contributed by atoms with E-state index in [9.17, 15) is 14.7 Å². The second kappa shape index (κ2) is 8.29. The zero-order valence-corrected chi connectivity index (χ0v) is 16.2. The van der Waals surface area contributed by atoms with Gasteiger partial charge in [0.1, 0.15) is 0 Å². The molecule has 2 aliphatic rings. The molecule has 1 saturated heterocycles. The number of morpholine rings is 1. The van der Waals surface area contributed by atoms with E-state index in [1.54, 1.807) is 23.1 Å². The number of benzene rings is 2. The van der Waals surface area contributed by atoms with E-state index < -0.39 is 11.5 Å². The molecule has 2 aromatic rings. The summed E-state index contributed by atoms with van der Waals surface area (Å²) in [5.41, 5.74) is 0.187. The summed E-state index contributed by atoms with van der Waals surface area (Å²) in [6, 6.07) is 16.6. The van der Waals surface area contributed by atoms with Gasteiger partial charge in [-0.15, -0.1) is 0 Å². The molecule has 0 bridgehead atoms. The van der Waals surface area contributed by atoms with Crippen molar-refractivity contribution < 1.29 is 19.4 Å². The smallest absolute Gasteiger partial charge is 0.265 e. The number of hydrogen-bond acceptors (Lipinski definition) is 5. The van der Waals surface area contributed by atoms with Crippen LogP contribution in [0.1, 0.15) is 17.5 Å². The van der Waals surface area contributed by atoms with Gasteiger partial charge in [-0.1, -0.05) is 54.6 Å². The lowest BCUT2D eigenvalue weighted by atomic mass is 9.90. The molecule has 6 nitrogen and oxygen atoms in total. The SMILES string of the molecule is O=C(/C=C/c1ccccc1)C[C@]1(O)C(=O)N(CN2CCOCC2)c2ccccc21. The van der Waals surface area contributed by atoms with Crippen LogP contribution in [0.2, 0.25) is 0 Å². The maximum absolute atomic E-state index is 13.2. The highest BCUT2D eigenvalue weighted by molar-refractivity contribution is 6.10. The van der Waals surface area contributed by atoms with Crippen LogP contribution >= 0.6 is 0 Å². The van der Waals surface area contributed by atoms with E-state index >= 15 is 0 Å². The highest BCUT2D eigenvalue weighted by atomic mass is 16.5. The van der Waals surface area contributed by atoms with Gasteiger partial charge in [-0.2, -0.15) is 0 Å². The van der Waals surface area contributed by atoms with Crippen LogP contribution in [-0.2, 0) is 19.9 Å². The Hall–Kier alpha value is -2.80. The summed E-state index contributed by atoms with van der Waals surface area (Å²) in [7, 11) is 0. The van der Waals surface area contributed by atoms with Crippen molar-refractivity contribution in [3.8, 4) is 0 Å². The number of para-hydroxylation sites is 1. The number of ketones is 1. The Morgan fingerprint density at radius 1 is 1.07 bits per heavy atom. The zero-order chi connectivity index (χ0) is 20.3. The third-order valence-electron chi connectivity index (χ3n) is 5.38. The number of allylic oxidation sites excluding steroid dienone is 1. The molecular formula is C23H24N2O4. The first-order valence-electron chi connectivity index (χ1n) is 9.78. The first-order chi connectivity index (χ1) is 14.1. The molecule has 0 spiro atoms. The summed E-state index contributed by atoms with van der Waals surface area (Å²) in [4.78, 5) is 29.5. The van der Waals surface area contributed by atoms with Gasteiger partial charge in [-0.05, 0) is 17.7 Å². The highest BCUT2D eigenvalue weighted by Crippen LogP contribution is 2.42. The van der Waals surface area contributed by atoms with Gasteiger partial charge in [0.15, 0.2) is 11.4 Å². The number of anilines is 1. The number of amides is 1. The van der Waals surface area contributed by atoms with Gasteiger partial charge in [0.2, 0.25) is 0 Å². The molecule has 0 aromatic heterocycles. The summed E-state index contributed by atoms with van der Waals surface area (Å²) >= 11 is 0. The van der Waals surface area contributed by atoms with Gasteiger partial charge >= 0.3 is 0 Å². The molecule has 6 heteroatoms. The third kappa shape index (κ3) is 4.00. The van der Waals surface area contributed by atoms with Crippen LogP contribution in [0.4, 0.5) is 5.69 Å². The Morgan fingerprint density at radius 3 is 2.52 bits per heavy atom. The molecule has 1 amide bonds. The van der Waals surface area contributed by atoms with Gasteiger partial charge in [-0.25, -0.2) is 0 Å². The number of rotatable bonds is 6. The van der Waals surface area contributed by atoms with Crippen LogP contribution in [0.25, 0.3) is 6.08 Å². The average molecular weight is 392 g/mol. The summed E-state index contributed by atoms with van der Waals surface area (Å²) in [6.07, 6.45) is 2.84. The fourth-order valence-corrected chi connectivity index (χ4v) is 3.82. The van der Waals surface area contributed by atoms with E-state index in [2.05, 4.69) is 4.90 Å². The number of aliphatic hydroxyl groups is 1. The molecule has 1 atom stereocenters. The molecule has 150 valence electrons.